The Hall–Kier alpha value is -3.05. The van der Waals surface area contributed by atoms with E-state index < -0.39 is 28.9 Å². The van der Waals surface area contributed by atoms with E-state index in [0.717, 1.165) is 18.3 Å². The van der Waals surface area contributed by atoms with Gasteiger partial charge in [-0.15, -0.1) is 0 Å². The molecule has 0 aliphatic heterocycles. The quantitative estimate of drug-likeness (QED) is 0.627. The monoisotopic (exact) mass is 366 g/mol. The van der Waals surface area contributed by atoms with Crippen molar-refractivity contribution >= 4 is 29.0 Å². The van der Waals surface area contributed by atoms with Gasteiger partial charge in [-0.2, -0.15) is 18.4 Å². The number of carbonyl (C=O) groups excluding carboxylic acids is 1. The number of alkyl halides is 3. The smallest absolute Gasteiger partial charge is 0.345 e. The van der Waals surface area contributed by atoms with Gasteiger partial charge in [-0.05, 0) is 24.3 Å². The van der Waals surface area contributed by atoms with Gasteiger partial charge in [0, 0.05) is 12.4 Å². The van der Waals surface area contributed by atoms with Gasteiger partial charge in [0.25, 0.3) is 5.91 Å². The molecule has 0 spiro atoms. The maximum absolute atomic E-state index is 12.9. The zero-order chi connectivity index (χ0) is 18.4. The fourth-order valence-corrected chi connectivity index (χ4v) is 1.90. The minimum absolute atomic E-state index is 0.306. The standard InChI is InChI=1S/C16H10ClF3N4O/c17-11-5-6-14(23-9-11)22-8-10(7-21)15(25)24-13-4-2-1-3-12(13)16(18,19)20/h1-6,8-9H,(H,22,23)(H,24,25)/b10-8-. The Morgan fingerprint density at radius 3 is 2.56 bits per heavy atom. The molecule has 0 aliphatic rings. The minimum atomic E-state index is -4.63. The van der Waals surface area contributed by atoms with Gasteiger partial charge in [-0.1, -0.05) is 23.7 Å². The summed E-state index contributed by atoms with van der Waals surface area (Å²) in [5.74, 6) is -0.679. The summed E-state index contributed by atoms with van der Waals surface area (Å²) in [7, 11) is 0. The van der Waals surface area contributed by atoms with Crippen LogP contribution in [0.1, 0.15) is 5.56 Å². The molecular weight excluding hydrogens is 357 g/mol. The fourth-order valence-electron chi connectivity index (χ4n) is 1.78. The van der Waals surface area contributed by atoms with Crippen LogP contribution in [0.2, 0.25) is 5.02 Å². The van der Waals surface area contributed by atoms with Crippen molar-refractivity contribution in [2.24, 2.45) is 0 Å². The Morgan fingerprint density at radius 1 is 1.24 bits per heavy atom. The Balaban J connectivity index is 2.17. The fraction of sp³-hybridized carbons (Fsp3) is 0.0625. The minimum Gasteiger partial charge on any atom is -0.345 e. The second kappa shape index (κ2) is 7.68. The molecule has 2 rings (SSSR count). The third kappa shape index (κ3) is 4.96. The number of halogens is 4. The van der Waals surface area contributed by atoms with Gasteiger partial charge < -0.3 is 10.6 Å². The number of nitrogens with zero attached hydrogens (tertiary/aromatic N) is 2. The molecule has 0 saturated heterocycles. The number of benzene rings is 1. The maximum atomic E-state index is 12.9. The predicted molar refractivity (Wildman–Crippen MR) is 86.6 cm³/mol. The summed E-state index contributed by atoms with van der Waals surface area (Å²) >= 11 is 5.68. The van der Waals surface area contributed by atoms with Crippen molar-refractivity contribution in [1.29, 1.82) is 5.26 Å². The lowest BCUT2D eigenvalue weighted by Gasteiger charge is -2.13. The predicted octanol–water partition coefficient (Wildman–Crippen LogP) is 4.21. The largest absolute Gasteiger partial charge is 0.418 e. The molecule has 0 radical (unpaired) electrons. The highest BCUT2D eigenvalue weighted by Crippen LogP contribution is 2.34. The Bertz CT molecular complexity index is 842. The third-order valence-corrected chi connectivity index (χ3v) is 3.16. The summed E-state index contributed by atoms with van der Waals surface area (Å²) in [6.45, 7) is 0. The second-order valence-electron chi connectivity index (χ2n) is 4.67. The van der Waals surface area contributed by atoms with Crippen LogP contribution in [0.5, 0.6) is 0 Å². The van der Waals surface area contributed by atoms with Crippen LogP contribution in [0, 0.1) is 11.3 Å². The highest BCUT2D eigenvalue weighted by Gasteiger charge is 2.33. The van der Waals surface area contributed by atoms with Gasteiger partial charge in [0.2, 0.25) is 0 Å². The van der Waals surface area contributed by atoms with Gasteiger partial charge >= 0.3 is 6.18 Å². The van der Waals surface area contributed by atoms with Gasteiger partial charge in [0.05, 0.1) is 16.3 Å². The first-order valence-corrected chi connectivity index (χ1v) is 7.15. The molecule has 9 heteroatoms. The summed E-state index contributed by atoms with van der Waals surface area (Å²) in [5, 5.41) is 14.1. The summed E-state index contributed by atoms with van der Waals surface area (Å²) in [5.41, 5.74) is -1.87. The van der Waals surface area contributed by atoms with E-state index in [2.05, 4.69) is 15.6 Å². The molecule has 0 atom stereocenters. The zero-order valence-electron chi connectivity index (χ0n) is 12.4. The van der Waals surface area contributed by atoms with E-state index in [1.54, 1.807) is 6.07 Å². The highest BCUT2D eigenvalue weighted by molar-refractivity contribution is 6.30. The number of nitriles is 1. The molecule has 1 heterocycles. The normalized spacial score (nSPS) is 11.6. The van der Waals surface area contributed by atoms with Gasteiger partial charge in [0.15, 0.2) is 0 Å². The van der Waals surface area contributed by atoms with E-state index in [0.29, 0.717) is 10.8 Å². The van der Waals surface area contributed by atoms with E-state index in [1.807, 2.05) is 0 Å². The zero-order valence-corrected chi connectivity index (χ0v) is 13.2. The van der Waals surface area contributed by atoms with Crippen LogP contribution in [0.4, 0.5) is 24.7 Å². The summed E-state index contributed by atoms with van der Waals surface area (Å²) < 4.78 is 38.8. The first-order valence-electron chi connectivity index (χ1n) is 6.77. The lowest BCUT2D eigenvalue weighted by molar-refractivity contribution is -0.137. The van der Waals surface area contributed by atoms with Crippen LogP contribution in [-0.4, -0.2) is 10.9 Å². The van der Waals surface area contributed by atoms with Crippen molar-refractivity contribution in [2.45, 2.75) is 6.18 Å². The summed E-state index contributed by atoms with van der Waals surface area (Å²) in [4.78, 5) is 15.9. The Labute approximate surface area is 145 Å². The Kier molecular flexibility index (Phi) is 5.62. The summed E-state index contributed by atoms with van der Waals surface area (Å²) in [6, 6.07) is 9.14. The van der Waals surface area contributed by atoms with Crippen molar-refractivity contribution in [2.75, 3.05) is 10.6 Å². The number of rotatable bonds is 4. The van der Waals surface area contributed by atoms with Crippen molar-refractivity contribution in [3.63, 3.8) is 0 Å². The van der Waals surface area contributed by atoms with Crippen LogP contribution >= 0.6 is 11.6 Å². The van der Waals surface area contributed by atoms with Gasteiger partial charge in [-0.3, -0.25) is 4.79 Å². The average Bonchev–Trinajstić information content (AvgIpc) is 2.56. The third-order valence-electron chi connectivity index (χ3n) is 2.94. The van der Waals surface area contributed by atoms with Crippen LogP contribution < -0.4 is 10.6 Å². The molecule has 5 nitrogen and oxygen atoms in total. The molecule has 2 aromatic rings. The number of anilines is 2. The molecule has 1 aromatic heterocycles. The number of aromatic nitrogens is 1. The molecule has 0 fully saturated rings. The number of hydrogen-bond acceptors (Lipinski definition) is 4. The highest BCUT2D eigenvalue weighted by atomic mass is 35.5. The van der Waals surface area contributed by atoms with E-state index in [1.165, 1.54) is 30.5 Å². The van der Waals surface area contributed by atoms with Crippen LogP contribution in [0.3, 0.4) is 0 Å². The number of amides is 1. The topological polar surface area (TPSA) is 77.8 Å². The van der Waals surface area contributed by atoms with E-state index in [-0.39, 0.29) is 0 Å². The SMILES string of the molecule is N#C/C(=C/Nc1ccc(Cl)cn1)C(=O)Nc1ccccc1C(F)(F)F. The van der Waals surface area contributed by atoms with Crippen molar-refractivity contribution in [3.05, 3.63) is 65.0 Å². The Morgan fingerprint density at radius 2 is 1.96 bits per heavy atom. The first kappa shape index (κ1) is 18.3. The molecule has 1 amide bonds. The molecule has 1 aromatic carbocycles. The molecular formula is C16H10ClF3N4O. The first-order chi connectivity index (χ1) is 11.8. The van der Waals surface area contributed by atoms with Crippen LogP contribution in [0.25, 0.3) is 0 Å². The van der Waals surface area contributed by atoms with Crippen molar-refractivity contribution < 1.29 is 18.0 Å². The average molecular weight is 367 g/mol. The van der Waals surface area contributed by atoms with Crippen LogP contribution in [-0.2, 0) is 11.0 Å². The van der Waals surface area contributed by atoms with Gasteiger partial charge in [0.1, 0.15) is 17.5 Å². The lowest BCUT2D eigenvalue weighted by Crippen LogP contribution is -2.18. The molecule has 25 heavy (non-hydrogen) atoms. The van der Waals surface area contributed by atoms with E-state index >= 15 is 0 Å². The number of pyridine rings is 1. The number of para-hydroxylation sites is 1. The second-order valence-corrected chi connectivity index (χ2v) is 5.11. The molecule has 0 bridgehead atoms. The molecule has 0 aliphatic carbocycles. The molecule has 2 N–H and O–H groups in total. The molecule has 128 valence electrons. The number of carbonyl (C=O) groups is 1. The molecule has 0 unspecified atom stereocenters. The van der Waals surface area contributed by atoms with Crippen molar-refractivity contribution in [3.8, 4) is 6.07 Å². The maximum Gasteiger partial charge on any atom is 0.418 e. The van der Waals surface area contributed by atoms with Gasteiger partial charge in [-0.25, -0.2) is 4.98 Å². The van der Waals surface area contributed by atoms with E-state index in [4.69, 9.17) is 16.9 Å². The lowest BCUT2D eigenvalue weighted by atomic mass is 10.1. The van der Waals surface area contributed by atoms with Crippen molar-refractivity contribution in [1.82, 2.24) is 4.98 Å². The van der Waals surface area contributed by atoms with Crippen LogP contribution in [0.15, 0.2) is 54.4 Å². The number of nitrogens with one attached hydrogen (secondary N) is 2. The number of hydrogen-bond donors (Lipinski definition) is 2. The molecule has 0 saturated carbocycles. The summed E-state index contributed by atoms with van der Waals surface area (Å²) in [6.07, 6.45) is -2.24. The van der Waals surface area contributed by atoms with E-state index in [9.17, 15) is 18.0 Å².